The molecule has 0 aliphatic rings. The van der Waals surface area contributed by atoms with Crippen LogP contribution in [-0.4, -0.2) is 29.8 Å². The Morgan fingerprint density at radius 2 is 2.11 bits per heavy atom. The number of aromatic nitrogens is 2. The molecule has 0 bridgehead atoms. The second-order valence-electron chi connectivity index (χ2n) is 3.90. The molecule has 18 heavy (non-hydrogen) atoms. The molecule has 1 atom stereocenters. The van der Waals surface area contributed by atoms with Gasteiger partial charge in [0.05, 0.1) is 17.5 Å². The van der Waals surface area contributed by atoms with Crippen LogP contribution in [0.3, 0.4) is 0 Å². The van der Waals surface area contributed by atoms with E-state index in [1.165, 1.54) is 0 Å². The van der Waals surface area contributed by atoms with E-state index in [0.29, 0.717) is 18.4 Å². The number of rotatable bonds is 5. The molecule has 0 spiro atoms. The van der Waals surface area contributed by atoms with E-state index in [1.54, 1.807) is 7.11 Å². The third-order valence-corrected chi connectivity index (χ3v) is 2.41. The van der Waals surface area contributed by atoms with Gasteiger partial charge < -0.3 is 9.47 Å². The van der Waals surface area contributed by atoms with E-state index in [1.807, 2.05) is 31.2 Å². The van der Waals surface area contributed by atoms with Gasteiger partial charge in [0.2, 0.25) is 11.8 Å². The van der Waals surface area contributed by atoms with Gasteiger partial charge in [-0.25, -0.2) is 10.8 Å². The molecule has 1 aromatic heterocycles. The summed E-state index contributed by atoms with van der Waals surface area (Å²) in [5, 5.41) is 0.847. The van der Waals surface area contributed by atoms with Crippen LogP contribution < -0.4 is 16.0 Å². The highest BCUT2D eigenvalue weighted by Crippen LogP contribution is 2.24. The molecule has 2 rings (SSSR count). The number of hydrogen-bond acceptors (Lipinski definition) is 6. The first-order valence-electron chi connectivity index (χ1n) is 5.63. The van der Waals surface area contributed by atoms with Crippen molar-refractivity contribution in [3.63, 3.8) is 0 Å². The van der Waals surface area contributed by atoms with Crippen molar-refractivity contribution in [1.82, 2.24) is 9.97 Å². The quantitative estimate of drug-likeness (QED) is 0.613. The minimum Gasteiger partial charge on any atom is -0.472 e. The Bertz CT molecular complexity index is 532. The highest BCUT2D eigenvalue weighted by Gasteiger charge is 2.11. The number of hydrogen-bond donors (Lipinski definition) is 2. The van der Waals surface area contributed by atoms with Crippen molar-refractivity contribution in [2.75, 3.05) is 19.1 Å². The van der Waals surface area contributed by atoms with Crippen LogP contribution in [0.1, 0.15) is 6.92 Å². The van der Waals surface area contributed by atoms with Crippen molar-refractivity contribution in [3.8, 4) is 5.88 Å². The van der Waals surface area contributed by atoms with E-state index in [-0.39, 0.29) is 6.10 Å². The molecule has 1 unspecified atom stereocenters. The van der Waals surface area contributed by atoms with Crippen LogP contribution in [0.25, 0.3) is 10.9 Å². The maximum absolute atomic E-state index is 5.74. The number of para-hydroxylation sites is 1. The Labute approximate surface area is 105 Å². The standard InChI is InChI=1S/C12H16N4O2/c1-8(7-17-2)18-11-9-5-3-4-6-10(9)14-12(15-11)16-13/h3-6,8H,7,13H2,1-2H3,(H,14,15,16). The molecule has 0 radical (unpaired) electrons. The molecule has 96 valence electrons. The monoisotopic (exact) mass is 248 g/mol. The number of nitrogens with two attached hydrogens (primary N) is 1. The summed E-state index contributed by atoms with van der Waals surface area (Å²) in [5.74, 6) is 6.17. The molecule has 1 heterocycles. The van der Waals surface area contributed by atoms with Gasteiger partial charge in [0.15, 0.2) is 0 Å². The number of nitrogens with zero attached hydrogens (tertiary/aromatic N) is 2. The second kappa shape index (κ2) is 5.61. The summed E-state index contributed by atoms with van der Waals surface area (Å²) in [7, 11) is 1.63. The molecule has 0 saturated carbocycles. The fourth-order valence-electron chi connectivity index (χ4n) is 1.66. The van der Waals surface area contributed by atoms with Gasteiger partial charge in [-0.1, -0.05) is 12.1 Å². The number of benzene rings is 1. The Morgan fingerprint density at radius 1 is 1.33 bits per heavy atom. The van der Waals surface area contributed by atoms with Gasteiger partial charge in [0, 0.05) is 7.11 Å². The van der Waals surface area contributed by atoms with Crippen LogP contribution in [0, 0.1) is 0 Å². The predicted octanol–water partition coefficient (Wildman–Crippen LogP) is 1.33. The van der Waals surface area contributed by atoms with Gasteiger partial charge in [-0.2, -0.15) is 4.98 Å². The Hall–Kier alpha value is -1.92. The Balaban J connectivity index is 2.40. The summed E-state index contributed by atoms with van der Waals surface area (Å²) < 4.78 is 10.8. The average Bonchev–Trinajstić information content (AvgIpc) is 2.38. The largest absolute Gasteiger partial charge is 0.472 e. The smallest absolute Gasteiger partial charge is 0.241 e. The van der Waals surface area contributed by atoms with Crippen molar-refractivity contribution in [1.29, 1.82) is 0 Å². The van der Waals surface area contributed by atoms with Crippen LogP contribution in [0.5, 0.6) is 5.88 Å². The van der Waals surface area contributed by atoms with Gasteiger partial charge in [0.1, 0.15) is 6.10 Å². The number of anilines is 1. The zero-order valence-corrected chi connectivity index (χ0v) is 10.4. The first kappa shape index (κ1) is 12.5. The van der Waals surface area contributed by atoms with E-state index in [4.69, 9.17) is 15.3 Å². The first-order valence-corrected chi connectivity index (χ1v) is 5.63. The van der Waals surface area contributed by atoms with E-state index >= 15 is 0 Å². The summed E-state index contributed by atoms with van der Waals surface area (Å²) >= 11 is 0. The zero-order valence-electron chi connectivity index (χ0n) is 10.4. The van der Waals surface area contributed by atoms with Gasteiger partial charge in [-0.05, 0) is 19.1 Å². The maximum Gasteiger partial charge on any atom is 0.241 e. The zero-order chi connectivity index (χ0) is 13.0. The molecular formula is C12H16N4O2. The normalized spacial score (nSPS) is 12.4. The third kappa shape index (κ3) is 2.66. The molecule has 0 saturated heterocycles. The lowest BCUT2D eigenvalue weighted by Crippen LogP contribution is -2.19. The summed E-state index contributed by atoms with van der Waals surface area (Å²) in [6, 6.07) is 7.60. The Morgan fingerprint density at radius 3 is 2.83 bits per heavy atom. The first-order chi connectivity index (χ1) is 8.74. The maximum atomic E-state index is 5.74. The molecule has 3 N–H and O–H groups in total. The van der Waals surface area contributed by atoms with Crippen LogP contribution >= 0.6 is 0 Å². The van der Waals surface area contributed by atoms with Gasteiger partial charge in [-0.15, -0.1) is 0 Å². The van der Waals surface area contributed by atoms with Crippen LogP contribution in [0.4, 0.5) is 5.95 Å². The molecule has 6 nitrogen and oxygen atoms in total. The second-order valence-corrected chi connectivity index (χ2v) is 3.90. The number of nitrogen functional groups attached to an aromatic ring is 1. The summed E-state index contributed by atoms with van der Waals surface area (Å²) in [4.78, 5) is 8.47. The fraction of sp³-hybridized carbons (Fsp3) is 0.333. The number of nitrogens with one attached hydrogen (secondary N) is 1. The minimum atomic E-state index is -0.0982. The number of ether oxygens (including phenoxy) is 2. The van der Waals surface area contributed by atoms with Gasteiger partial charge in [-0.3, -0.25) is 5.43 Å². The van der Waals surface area contributed by atoms with Gasteiger partial charge >= 0.3 is 0 Å². The third-order valence-electron chi connectivity index (χ3n) is 2.41. The van der Waals surface area contributed by atoms with Gasteiger partial charge in [0.25, 0.3) is 0 Å². The summed E-state index contributed by atoms with van der Waals surface area (Å²) in [6.45, 7) is 2.40. The van der Waals surface area contributed by atoms with E-state index in [0.717, 1.165) is 10.9 Å². The lowest BCUT2D eigenvalue weighted by molar-refractivity contribution is 0.0901. The highest BCUT2D eigenvalue weighted by atomic mass is 16.5. The SMILES string of the molecule is COCC(C)Oc1nc(NN)nc2ccccc12. The summed E-state index contributed by atoms with van der Waals surface area (Å²) in [6.07, 6.45) is -0.0982. The highest BCUT2D eigenvalue weighted by molar-refractivity contribution is 5.84. The van der Waals surface area contributed by atoms with Crippen molar-refractivity contribution in [2.45, 2.75) is 13.0 Å². The van der Waals surface area contributed by atoms with Crippen molar-refractivity contribution in [2.24, 2.45) is 5.84 Å². The van der Waals surface area contributed by atoms with Crippen LogP contribution in [-0.2, 0) is 4.74 Å². The lowest BCUT2D eigenvalue weighted by Gasteiger charge is -2.15. The molecule has 2 aromatic rings. The fourth-order valence-corrected chi connectivity index (χ4v) is 1.66. The van der Waals surface area contributed by atoms with E-state index < -0.39 is 0 Å². The molecular weight excluding hydrogens is 232 g/mol. The molecule has 6 heteroatoms. The van der Waals surface area contributed by atoms with Crippen molar-refractivity contribution < 1.29 is 9.47 Å². The number of fused-ring (bicyclic) bond motifs is 1. The van der Waals surface area contributed by atoms with E-state index in [9.17, 15) is 0 Å². The predicted molar refractivity (Wildman–Crippen MR) is 69.3 cm³/mol. The minimum absolute atomic E-state index is 0.0982. The molecule has 0 aliphatic carbocycles. The van der Waals surface area contributed by atoms with Crippen molar-refractivity contribution in [3.05, 3.63) is 24.3 Å². The molecule has 1 aromatic carbocycles. The number of hydrazine groups is 1. The van der Waals surface area contributed by atoms with Crippen molar-refractivity contribution >= 4 is 16.9 Å². The van der Waals surface area contributed by atoms with Crippen LogP contribution in [0.2, 0.25) is 0 Å². The molecule has 0 amide bonds. The number of methoxy groups -OCH3 is 1. The summed E-state index contributed by atoms with van der Waals surface area (Å²) in [5.41, 5.74) is 3.21. The average molecular weight is 248 g/mol. The lowest BCUT2D eigenvalue weighted by atomic mass is 10.2. The molecule has 0 aliphatic heterocycles. The molecule has 0 fully saturated rings. The Kier molecular flexibility index (Phi) is 3.91. The van der Waals surface area contributed by atoms with Crippen LogP contribution in [0.15, 0.2) is 24.3 Å². The van der Waals surface area contributed by atoms with E-state index in [2.05, 4.69) is 15.4 Å². The topological polar surface area (TPSA) is 82.3 Å².